The molecule has 0 amide bonds. The van der Waals surface area contributed by atoms with Crippen LogP contribution in [0.15, 0.2) is 58.2 Å². The lowest BCUT2D eigenvalue weighted by molar-refractivity contribution is -0.120. The Morgan fingerprint density at radius 2 is 0.871 bits per heavy atom. The van der Waals surface area contributed by atoms with Crippen LogP contribution in [0.5, 0.6) is 0 Å². The van der Waals surface area contributed by atoms with Crippen molar-refractivity contribution in [3.05, 3.63) is 58.2 Å². The third-order valence-corrected chi connectivity index (χ3v) is 6.10. The first-order valence-corrected chi connectivity index (χ1v) is 12.6. The van der Waals surface area contributed by atoms with Crippen molar-refractivity contribution in [2.24, 2.45) is 5.92 Å². The van der Waals surface area contributed by atoms with Crippen LogP contribution in [0.4, 0.5) is 0 Å². The van der Waals surface area contributed by atoms with E-state index >= 15 is 0 Å². The molecule has 0 atom stereocenters. The first kappa shape index (κ1) is 27.4. The van der Waals surface area contributed by atoms with Crippen molar-refractivity contribution in [3.8, 4) is 0 Å². The maximum Gasteiger partial charge on any atom is 0.136 e. The van der Waals surface area contributed by atoms with Crippen molar-refractivity contribution >= 4 is 5.78 Å². The van der Waals surface area contributed by atoms with E-state index in [0.717, 1.165) is 57.8 Å². The van der Waals surface area contributed by atoms with Gasteiger partial charge in [-0.15, -0.1) is 0 Å². The number of hydrogen-bond donors (Lipinski definition) is 0. The van der Waals surface area contributed by atoms with E-state index in [9.17, 15) is 4.79 Å². The largest absolute Gasteiger partial charge is 0.299 e. The highest BCUT2D eigenvalue weighted by Crippen LogP contribution is 2.31. The summed E-state index contributed by atoms with van der Waals surface area (Å²) in [6.45, 7) is 13.3. The molecular weight excluding hydrogens is 376 g/mol. The Morgan fingerprint density at radius 1 is 0.548 bits per heavy atom. The Balaban J connectivity index is 2.16. The number of carbonyl (C=O) groups is 1. The zero-order valence-corrected chi connectivity index (χ0v) is 21.4. The number of allylic oxidation sites excluding steroid dienone is 10. The molecule has 0 saturated heterocycles. The van der Waals surface area contributed by atoms with Crippen LogP contribution in [0.2, 0.25) is 0 Å². The Bertz CT molecular complexity index is 688. The molecule has 0 unspecified atom stereocenters. The van der Waals surface area contributed by atoms with E-state index in [2.05, 4.69) is 71.9 Å². The van der Waals surface area contributed by atoms with Gasteiger partial charge in [-0.1, -0.05) is 58.2 Å². The molecule has 0 heterocycles. The fourth-order valence-electron chi connectivity index (χ4n) is 3.71. The monoisotopic (exact) mass is 424 g/mol. The van der Waals surface area contributed by atoms with Gasteiger partial charge in [-0.2, -0.15) is 0 Å². The molecule has 31 heavy (non-hydrogen) atoms. The summed E-state index contributed by atoms with van der Waals surface area (Å²) >= 11 is 0. The maximum atomic E-state index is 11.7. The summed E-state index contributed by atoms with van der Waals surface area (Å²) in [7, 11) is 0. The van der Waals surface area contributed by atoms with Gasteiger partial charge in [0.25, 0.3) is 0 Å². The minimum absolute atomic E-state index is 0.412. The Morgan fingerprint density at radius 3 is 1.19 bits per heavy atom. The molecule has 1 fully saturated rings. The molecule has 174 valence electrons. The maximum absolute atomic E-state index is 11.7. The first-order valence-electron chi connectivity index (χ1n) is 12.6. The van der Waals surface area contributed by atoms with E-state index in [1.54, 1.807) is 0 Å². The van der Waals surface area contributed by atoms with Gasteiger partial charge in [0.15, 0.2) is 0 Å². The molecule has 1 saturated carbocycles. The quantitative estimate of drug-likeness (QED) is 0.225. The second-order valence-electron chi connectivity index (χ2n) is 9.92. The van der Waals surface area contributed by atoms with Crippen molar-refractivity contribution in [1.29, 1.82) is 0 Å². The average Bonchev–Trinajstić information content (AvgIpc) is 3.53. The molecular formula is C30H48O. The summed E-state index contributed by atoms with van der Waals surface area (Å²) in [6, 6.07) is 0. The summed E-state index contributed by atoms with van der Waals surface area (Å²) in [5, 5.41) is 0. The lowest BCUT2D eigenvalue weighted by atomic mass is 10.0. The molecule has 0 radical (unpaired) electrons. The number of rotatable bonds is 16. The van der Waals surface area contributed by atoms with Crippen LogP contribution in [0.1, 0.15) is 119 Å². The van der Waals surface area contributed by atoms with Crippen LogP contribution in [0.25, 0.3) is 0 Å². The highest BCUT2D eigenvalue weighted by molar-refractivity contribution is 5.83. The van der Waals surface area contributed by atoms with Gasteiger partial charge < -0.3 is 0 Å². The van der Waals surface area contributed by atoms with Gasteiger partial charge in [0.1, 0.15) is 5.78 Å². The lowest BCUT2D eigenvalue weighted by Gasteiger charge is -2.03. The molecule has 1 nitrogen and oxygen atoms in total. The van der Waals surface area contributed by atoms with Crippen molar-refractivity contribution < 1.29 is 4.79 Å². The second kappa shape index (κ2) is 16.1. The Hall–Kier alpha value is -1.63. The van der Waals surface area contributed by atoms with E-state index in [4.69, 9.17) is 0 Å². The predicted molar refractivity (Wildman–Crippen MR) is 138 cm³/mol. The van der Waals surface area contributed by atoms with E-state index in [1.807, 2.05) is 0 Å². The van der Waals surface area contributed by atoms with Crippen LogP contribution >= 0.6 is 0 Å². The zero-order valence-electron chi connectivity index (χ0n) is 21.4. The SMILES string of the molecule is CC(C)=CCC/C(C)=C/CC/C(C)=C/CC/C(C)=C/CC/C(C)=C/CCC(=O)C1CC1. The number of ketones is 1. The molecule has 0 aliphatic heterocycles. The van der Waals surface area contributed by atoms with Gasteiger partial charge in [0.05, 0.1) is 0 Å². The van der Waals surface area contributed by atoms with Gasteiger partial charge in [-0.25, -0.2) is 0 Å². The standard InChI is InChI=1S/C30H48O/c1-24(2)12-7-13-25(3)14-8-15-26(4)16-9-17-27(5)18-10-19-28(6)20-11-21-30(31)29-22-23-29/h12,14,16,18,20,29H,7-11,13,15,17,19,21-23H2,1-6H3/b25-14+,26-16+,27-18+,28-20+. The van der Waals surface area contributed by atoms with Crippen molar-refractivity contribution in [2.45, 2.75) is 119 Å². The minimum Gasteiger partial charge on any atom is -0.299 e. The molecule has 0 aromatic rings. The number of hydrogen-bond acceptors (Lipinski definition) is 1. The Labute approximate surface area is 193 Å². The van der Waals surface area contributed by atoms with Gasteiger partial charge in [0.2, 0.25) is 0 Å². The van der Waals surface area contributed by atoms with E-state index in [1.165, 1.54) is 47.1 Å². The summed E-state index contributed by atoms with van der Waals surface area (Å²) in [4.78, 5) is 11.7. The topological polar surface area (TPSA) is 17.1 Å². The summed E-state index contributed by atoms with van der Waals surface area (Å²) in [5.41, 5.74) is 7.37. The number of carbonyl (C=O) groups excluding carboxylic acids is 1. The summed E-state index contributed by atoms with van der Waals surface area (Å²) in [5.74, 6) is 0.893. The van der Waals surface area contributed by atoms with Gasteiger partial charge in [0, 0.05) is 12.3 Å². The molecule has 0 aromatic heterocycles. The predicted octanol–water partition coefficient (Wildman–Crippen LogP) is 9.62. The highest BCUT2D eigenvalue weighted by atomic mass is 16.1. The van der Waals surface area contributed by atoms with Crippen LogP contribution < -0.4 is 0 Å². The van der Waals surface area contributed by atoms with Crippen LogP contribution in [0.3, 0.4) is 0 Å². The molecule has 1 aliphatic carbocycles. The van der Waals surface area contributed by atoms with Crippen molar-refractivity contribution in [1.82, 2.24) is 0 Å². The zero-order chi connectivity index (χ0) is 23.1. The number of Topliss-reactive ketones (excluding diaryl/α,β-unsaturated/α-hetero) is 1. The third kappa shape index (κ3) is 15.8. The minimum atomic E-state index is 0.412. The second-order valence-corrected chi connectivity index (χ2v) is 9.92. The lowest BCUT2D eigenvalue weighted by Crippen LogP contribution is -1.98. The van der Waals surface area contributed by atoms with E-state index < -0.39 is 0 Å². The first-order chi connectivity index (χ1) is 14.8. The highest BCUT2D eigenvalue weighted by Gasteiger charge is 2.28. The fraction of sp³-hybridized carbons (Fsp3) is 0.633. The summed E-state index contributed by atoms with van der Waals surface area (Å²) in [6.07, 6.45) is 25.0. The van der Waals surface area contributed by atoms with Gasteiger partial charge >= 0.3 is 0 Å². The smallest absolute Gasteiger partial charge is 0.136 e. The van der Waals surface area contributed by atoms with Crippen LogP contribution in [0, 0.1) is 5.92 Å². The van der Waals surface area contributed by atoms with Gasteiger partial charge in [-0.3, -0.25) is 4.79 Å². The normalized spacial score (nSPS) is 15.9. The molecule has 0 bridgehead atoms. The van der Waals surface area contributed by atoms with E-state index in [-0.39, 0.29) is 0 Å². The summed E-state index contributed by atoms with van der Waals surface area (Å²) < 4.78 is 0. The van der Waals surface area contributed by atoms with Crippen LogP contribution in [-0.2, 0) is 4.79 Å². The molecule has 0 N–H and O–H groups in total. The van der Waals surface area contributed by atoms with E-state index in [0.29, 0.717) is 11.7 Å². The molecule has 1 aliphatic rings. The molecule has 0 aromatic carbocycles. The fourth-order valence-corrected chi connectivity index (χ4v) is 3.71. The third-order valence-electron chi connectivity index (χ3n) is 6.10. The van der Waals surface area contributed by atoms with Crippen LogP contribution in [-0.4, -0.2) is 5.78 Å². The Kier molecular flexibility index (Phi) is 14.2. The molecule has 1 heteroatoms. The van der Waals surface area contributed by atoms with Crippen molar-refractivity contribution in [2.75, 3.05) is 0 Å². The van der Waals surface area contributed by atoms with Crippen molar-refractivity contribution in [3.63, 3.8) is 0 Å². The molecule has 0 spiro atoms. The average molecular weight is 425 g/mol. The van der Waals surface area contributed by atoms with Gasteiger partial charge in [-0.05, 0) is 112 Å². The molecule has 1 rings (SSSR count).